The van der Waals surface area contributed by atoms with Crippen LogP contribution in [0.3, 0.4) is 0 Å². The van der Waals surface area contributed by atoms with Crippen molar-refractivity contribution in [3.8, 4) is 0 Å². The Morgan fingerprint density at radius 2 is 2.08 bits per heavy atom. The van der Waals surface area contributed by atoms with Gasteiger partial charge in [-0.1, -0.05) is 20.8 Å². The SMILES string of the molecule is CC(C)(C)c1nc2ccc(NC(=O)C3CCCN3S(C)(=O)=O)cc2s1. The van der Waals surface area contributed by atoms with Gasteiger partial charge in [-0.15, -0.1) is 11.3 Å². The van der Waals surface area contributed by atoms with E-state index in [4.69, 9.17) is 0 Å². The monoisotopic (exact) mass is 381 g/mol. The molecule has 136 valence electrons. The highest BCUT2D eigenvalue weighted by atomic mass is 32.2. The van der Waals surface area contributed by atoms with Crippen LogP contribution in [0.15, 0.2) is 18.2 Å². The zero-order valence-electron chi connectivity index (χ0n) is 14.9. The van der Waals surface area contributed by atoms with E-state index in [0.29, 0.717) is 25.1 Å². The topological polar surface area (TPSA) is 79.4 Å². The smallest absolute Gasteiger partial charge is 0.242 e. The Balaban J connectivity index is 1.82. The minimum Gasteiger partial charge on any atom is -0.325 e. The predicted molar refractivity (Wildman–Crippen MR) is 102 cm³/mol. The largest absolute Gasteiger partial charge is 0.325 e. The summed E-state index contributed by atoms with van der Waals surface area (Å²) in [7, 11) is -3.37. The third-order valence-corrected chi connectivity index (χ3v) is 6.96. The van der Waals surface area contributed by atoms with Crippen LogP contribution >= 0.6 is 11.3 Å². The summed E-state index contributed by atoms with van der Waals surface area (Å²) >= 11 is 1.61. The van der Waals surface area contributed by atoms with Gasteiger partial charge < -0.3 is 5.32 Å². The second kappa shape index (κ2) is 6.34. The normalized spacial score (nSPS) is 19.4. The zero-order valence-corrected chi connectivity index (χ0v) is 16.5. The summed E-state index contributed by atoms with van der Waals surface area (Å²) in [4.78, 5) is 17.2. The van der Waals surface area contributed by atoms with Gasteiger partial charge in [0.1, 0.15) is 6.04 Å². The fourth-order valence-corrected chi connectivity index (χ4v) is 5.13. The average Bonchev–Trinajstić information content (AvgIpc) is 3.12. The van der Waals surface area contributed by atoms with Crippen LogP contribution in [0.5, 0.6) is 0 Å². The Morgan fingerprint density at radius 1 is 1.36 bits per heavy atom. The van der Waals surface area contributed by atoms with Gasteiger partial charge in [-0.25, -0.2) is 13.4 Å². The number of amides is 1. The second-order valence-electron chi connectivity index (χ2n) is 7.47. The molecule has 6 nitrogen and oxygen atoms in total. The first-order valence-electron chi connectivity index (χ1n) is 8.24. The van der Waals surface area contributed by atoms with Crippen LogP contribution in [-0.4, -0.2) is 42.5 Å². The van der Waals surface area contributed by atoms with Crippen molar-refractivity contribution in [3.05, 3.63) is 23.2 Å². The molecular weight excluding hydrogens is 358 g/mol. The summed E-state index contributed by atoms with van der Waals surface area (Å²) in [6, 6.07) is 4.98. The van der Waals surface area contributed by atoms with Crippen molar-refractivity contribution in [1.29, 1.82) is 0 Å². The van der Waals surface area contributed by atoms with Crippen molar-refractivity contribution in [1.82, 2.24) is 9.29 Å². The molecule has 0 bridgehead atoms. The number of nitrogens with zero attached hydrogens (tertiary/aromatic N) is 2. The molecule has 1 aliphatic heterocycles. The number of fused-ring (bicyclic) bond motifs is 1. The van der Waals surface area contributed by atoms with Crippen LogP contribution in [-0.2, 0) is 20.2 Å². The van der Waals surface area contributed by atoms with Gasteiger partial charge in [-0.2, -0.15) is 4.31 Å². The van der Waals surface area contributed by atoms with Gasteiger partial charge in [0.15, 0.2) is 0 Å². The number of hydrogen-bond acceptors (Lipinski definition) is 5. The van der Waals surface area contributed by atoms with E-state index in [2.05, 4.69) is 31.1 Å². The molecule has 0 spiro atoms. The van der Waals surface area contributed by atoms with E-state index in [9.17, 15) is 13.2 Å². The molecule has 1 N–H and O–H groups in total. The van der Waals surface area contributed by atoms with Gasteiger partial charge in [0.25, 0.3) is 0 Å². The van der Waals surface area contributed by atoms with Gasteiger partial charge in [-0.05, 0) is 31.0 Å². The summed E-state index contributed by atoms with van der Waals surface area (Å²) in [6.45, 7) is 6.76. The van der Waals surface area contributed by atoms with Crippen LogP contribution in [0.4, 0.5) is 5.69 Å². The third kappa shape index (κ3) is 3.86. The molecule has 0 radical (unpaired) electrons. The van der Waals surface area contributed by atoms with Crippen molar-refractivity contribution in [2.45, 2.75) is 45.1 Å². The van der Waals surface area contributed by atoms with E-state index in [0.717, 1.165) is 21.5 Å². The van der Waals surface area contributed by atoms with E-state index in [1.165, 1.54) is 4.31 Å². The highest BCUT2D eigenvalue weighted by Gasteiger charge is 2.36. The van der Waals surface area contributed by atoms with E-state index in [1.54, 1.807) is 11.3 Å². The van der Waals surface area contributed by atoms with Crippen molar-refractivity contribution < 1.29 is 13.2 Å². The molecule has 1 atom stereocenters. The fraction of sp³-hybridized carbons (Fsp3) is 0.529. The van der Waals surface area contributed by atoms with E-state index in [-0.39, 0.29) is 11.3 Å². The summed E-state index contributed by atoms with van der Waals surface area (Å²) in [5, 5.41) is 3.91. The van der Waals surface area contributed by atoms with Gasteiger partial charge in [-0.3, -0.25) is 4.79 Å². The lowest BCUT2D eigenvalue weighted by Crippen LogP contribution is -2.42. The summed E-state index contributed by atoms with van der Waals surface area (Å²) in [5.74, 6) is -0.275. The minimum atomic E-state index is -3.37. The van der Waals surface area contributed by atoms with Crippen LogP contribution < -0.4 is 5.32 Å². The maximum Gasteiger partial charge on any atom is 0.242 e. The van der Waals surface area contributed by atoms with E-state index >= 15 is 0 Å². The van der Waals surface area contributed by atoms with Crippen molar-refractivity contribution in [2.75, 3.05) is 18.1 Å². The Labute approximate surface area is 152 Å². The molecule has 0 saturated carbocycles. The first kappa shape index (κ1) is 18.3. The summed E-state index contributed by atoms with van der Waals surface area (Å²) in [6.07, 6.45) is 2.40. The molecule has 1 aromatic heterocycles. The van der Waals surface area contributed by atoms with Crippen LogP contribution in [0.25, 0.3) is 10.2 Å². The molecule has 1 amide bonds. The van der Waals surface area contributed by atoms with Crippen molar-refractivity contribution in [2.24, 2.45) is 0 Å². The molecular formula is C17H23N3O3S2. The van der Waals surface area contributed by atoms with E-state index < -0.39 is 16.1 Å². The summed E-state index contributed by atoms with van der Waals surface area (Å²) in [5.41, 5.74) is 1.56. The molecule has 2 heterocycles. The molecule has 2 aromatic rings. The van der Waals surface area contributed by atoms with Crippen LogP contribution in [0, 0.1) is 0 Å². The number of nitrogens with one attached hydrogen (secondary N) is 1. The number of aromatic nitrogens is 1. The van der Waals surface area contributed by atoms with Gasteiger partial charge in [0.05, 0.1) is 21.5 Å². The second-order valence-corrected chi connectivity index (χ2v) is 10.4. The first-order chi connectivity index (χ1) is 11.6. The Kier molecular flexibility index (Phi) is 4.63. The molecule has 1 aromatic carbocycles. The first-order valence-corrected chi connectivity index (χ1v) is 10.9. The maximum atomic E-state index is 12.5. The lowest BCUT2D eigenvalue weighted by molar-refractivity contribution is -0.119. The third-order valence-electron chi connectivity index (χ3n) is 4.23. The average molecular weight is 382 g/mol. The van der Waals surface area contributed by atoms with Crippen LogP contribution in [0.2, 0.25) is 0 Å². The number of carbonyl (C=O) groups excluding carboxylic acids is 1. The standard InChI is InChI=1S/C17H23N3O3S2/c1-17(2,3)16-19-12-8-7-11(10-14(12)24-16)18-15(21)13-6-5-9-20(13)25(4,22)23/h7-8,10,13H,5-6,9H2,1-4H3,(H,18,21). The molecule has 8 heteroatoms. The Bertz CT molecular complexity index is 913. The highest BCUT2D eigenvalue weighted by molar-refractivity contribution is 7.88. The molecule has 25 heavy (non-hydrogen) atoms. The van der Waals surface area contributed by atoms with Gasteiger partial charge in [0, 0.05) is 17.6 Å². The quantitative estimate of drug-likeness (QED) is 0.886. The van der Waals surface area contributed by atoms with Gasteiger partial charge >= 0.3 is 0 Å². The lowest BCUT2D eigenvalue weighted by Gasteiger charge is -2.21. The number of anilines is 1. The number of hydrogen-bond donors (Lipinski definition) is 1. The van der Waals surface area contributed by atoms with Crippen molar-refractivity contribution in [3.63, 3.8) is 0 Å². The molecule has 1 saturated heterocycles. The Morgan fingerprint density at radius 3 is 2.72 bits per heavy atom. The predicted octanol–water partition coefficient (Wildman–Crippen LogP) is 2.96. The minimum absolute atomic E-state index is 0.0209. The zero-order chi connectivity index (χ0) is 18.4. The molecule has 1 aliphatic rings. The number of thiazole rings is 1. The highest BCUT2D eigenvalue weighted by Crippen LogP contribution is 2.32. The van der Waals surface area contributed by atoms with Gasteiger partial charge in [0.2, 0.25) is 15.9 Å². The number of rotatable bonds is 3. The summed E-state index contributed by atoms with van der Waals surface area (Å²) < 4.78 is 25.9. The number of benzene rings is 1. The molecule has 1 fully saturated rings. The Hall–Kier alpha value is -1.51. The number of carbonyl (C=O) groups is 1. The number of sulfonamides is 1. The van der Waals surface area contributed by atoms with Crippen molar-refractivity contribution >= 4 is 43.2 Å². The van der Waals surface area contributed by atoms with Crippen LogP contribution in [0.1, 0.15) is 38.6 Å². The molecule has 1 unspecified atom stereocenters. The maximum absolute atomic E-state index is 12.5. The molecule has 0 aliphatic carbocycles. The molecule has 3 rings (SSSR count). The lowest BCUT2D eigenvalue weighted by atomic mass is 9.98. The fourth-order valence-electron chi connectivity index (χ4n) is 2.95. The van der Waals surface area contributed by atoms with E-state index in [1.807, 2.05) is 18.2 Å².